The molecule has 8 heteroatoms. The summed E-state index contributed by atoms with van der Waals surface area (Å²) in [5.74, 6) is 1.82. The van der Waals surface area contributed by atoms with E-state index in [4.69, 9.17) is 4.74 Å². The van der Waals surface area contributed by atoms with Gasteiger partial charge in [0.15, 0.2) is 5.82 Å². The number of hydrogen-bond acceptors (Lipinski definition) is 5. The number of amides is 1. The van der Waals surface area contributed by atoms with Crippen LogP contribution in [-0.4, -0.2) is 40.4 Å². The second kappa shape index (κ2) is 7.91. The Morgan fingerprint density at radius 1 is 1.38 bits per heavy atom. The van der Waals surface area contributed by atoms with Crippen molar-refractivity contribution < 1.29 is 9.53 Å². The molecule has 0 fully saturated rings. The molecule has 1 aromatic heterocycles. The number of hydrogen-bond donors (Lipinski definition) is 2. The smallest absolute Gasteiger partial charge is 0.407 e. The van der Waals surface area contributed by atoms with Crippen LogP contribution in [0.2, 0.25) is 0 Å². The number of rotatable bonds is 4. The van der Waals surface area contributed by atoms with Crippen molar-refractivity contribution >= 4 is 13.5 Å². The standard InChI is InChI=1S/C18H25BN5O2/c1-18(2,3)26-17(25)20-12-14-6-4-5-13(9-14)10-15-22-16-11-19-21-7-8-24(16)23-15/h4-6,9,21H,7-8,10-12H2,1-3H3,(H,20,25). The van der Waals surface area contributed by atoms with Crippen molar-refractivity contribution in [1.82, 2.24) is 25.3 Å². The average Bonchev–Trinajstić information content (AvgIpc) is 2.80. The first-order valence-electron chi connectivity index (χ1n) is 8.91. The molecule has 0 bridgehead atoms. The summed E-state index contributed by atoms with van der Waals surface area (Å²) in [5.41, 5.74) is 1.65. The van der Waals surface area contributed by atoms with Gasteiger partial charge in [0.05, 0.1) is 6.54 Å². The lowest BCUT2D eigenvalue weighted by Gasteiger charge is -2.19. The summed E-state index contributed by atoms with van der Waals surface area (Å²) in [6.07, 6.45) is 1.05. The number of aromatic nitrogens is 3. The lowest BCUT2D eigenvalue weighted by Crippen LogP contribution is -2.32. The molecular weight excluding hydrogens is 329 g/mol. The van der Waals surface area contributed by atoms with Gasteiger partial charge in [-0.2, -0.15) is 5.10 Å². The maximum atomic E-state index is 11.8. The molecule has 137 valence electrons. The highest BCUT2D eigenvalue weighted by Gasteiger charge is 2.16. The molecule has 2 aromatic rings. The number of nitrogens with zero attached hydrogens (tertiary/aromatic N) is 3. The summed E-state index contributed by atoms with van der Waals surface area (Å²) in [6.45, 7) is 7.68. The predicted octanol–water partition coefficient (Wildman–Crippen LogP) is 1.62. The summed E-state index contributed by atoms with van der Waals surface area (Å²) >= 11 is 0. The minimum absolute atomic E-state index is 0.410. The van der Waals surface area contributed by atoms with Gasteiger partial charge in [0.2, 0.25) is 7.41 Å². The van der Waals surface area contributed by atoms with E-state index in [0.717, 1.165) is 42.2 Å². The zero-order valence-corrected chi connectivity index (χ0v) is 15.6. The van der Waals surface area contributed by atoms with Crippen LogP contribution in [0.3, 0.4) is 0 Å². The molecule has 0 saturated heterocycles. The van der Waals surface area contributed by atoms with E-state index >= 15 is 0 Å². The van der Waals surface area contributed by atoms with E-state index in [1.165, 1.54) is 0 Å². The summed E-state index contributed by atoms with van der Waals surface area (Å²) in [7, 11) is 2.03. The third kappa shape index (κ3) is 5.32. The van der Waals surface area contributed by atoms with Crippen LogP contribution >= 0.6 is 0 Å². The van der Waals surface area contributed by atoms with Crippen molar-refractivity contribution in [2.45, 2.75) is 52.2 Å². The van der Waals surface area contributed by atoms with E-state index in [0.29, 0.717) is 13.0 Å². The maximum absolute atomic E-state index is 11.8. The Kier molecular flexibility index (Phi) is 5.61. The Bertz CT molecular complexity index is 746. The van der Waals surface area contributed by atoms with Crippen molar-refractivity contribution in [1.29, 1.82) is 0 Å². The van der Waals surface area contributed by atoms with E-state index < -0.39 is 11.7 Å². The van der Waals surface area contributed by atoms with Gasteiger partial charge in [0.1, 0.15) is 11.4 Å². The van der Waals surface area contributed by atoms with Gasteiger partial charge in [0.25, 0.3) is 0 Å². The number of carbonyl (C=O) groups is 1. The molecule has 1 amide bonds. The fourth-order valence-electron chi connectivity index (χ4n) is 2.79. The first kappa shape index (κ1) is 18.4. The second-order valence-electron chi connectivity index (χ2n) is 7.38. The highest BCUT2D eigenvalue weighted by atomic mass is 16.6. The van der Waals surface area contributed by atoms with Crippen LogP contribution < -0.4 is 10.5 Å². The molecule has 3 rings (SSSR count). The first-order chi connectivity index (χ1) is 12.4. The molecule has 0 spiro atoms. The lowest BCUT2D eigenvalue weighted by molar-refractivity contribution is 0.0523. The zero-order valence-electron chi connectivity index (χ0n) is 15.6. The van der Waals surface area contributed by atoms with E-state index in [1.807, 2.05) is 45.0 Å². The SMILES string of the molecule is CC(C)(C)OC(=O)NCc1cccc(Cc2nc3n(n2)CCN[B]C3)c1. The van der Waals surface area contributed by atoms with Crippen LogP contribution in [0.5, 0.6) is 0 Å². The third-order valence-corrected chi connectivity index (χ3v) is 3.88. The lowest BCUT2D eigenvalue weighted by atomic mass is 9.89. The Hall–Kier alpha value is -2.35. The molecule has 1 aromatic carbocycles. The molecule has 26 heavy (non-hydrogen) atoms. The molecular formula is C18H25BN5O2. The maximum Gasteiger partial charge on any atom is 0.407 e. The van der Waals surface area contributed by atoms with Crippen molar-refractivity contribution in [2.75, 3.05) is 6.54 Å². The number of fused-ring (bicyclic) bond motifs is 1. The van der Waals surface area contributed by atoms with E-state index in [2.05, 4.69) is 32.8 Å². The highest BCUT2D eigenvalue weighted by Crippen LogP contribution is 2.12. The molecule has 0 atom stereocenters. The number of alkyl carbamates (subject to hydrolysis) is 1. The molecule has 0 aliphatic carbocycles. The number of carbonyl (C=O) groups excluding carboxylic acids is 1. The molecule has 2 heterocycles. The zero-order chi connectivity index (χ0) is 18.6. The van der Waals surface area contributed by atoms with E-state index in [9.17, 15) is 4.79 Å². The van der Waals surface area contributed by atoms with Gasteiger partial charge in [-0.25, -0.2) is 14.5 Å². The Morgan fingerprint density at radius 2 is 2.19 bits per heavy atom. The summed E-state index contributed by atoms with van der Waals surface area (Å²) < 4.78 is 7.23. The minimum atomic E-state index is -0.496. The molecule has 1 radical (unpaired) electrons. The Balaban J connectivity index is 1.60. The van der Waals surface area contributed by atoms with Gasteiger partial charge in [-0.05, 0) is 38.2 Å². The van der Waals surface area contributed by atoms with Crippen LogP contribution in [0, 0.1) is 0 Å². The van der Waals surface area contributed by atoms with Crippen LogP contribution in [-0.2, 0) is 30.6 Å². The molecule has 1 aliphatic heterocycles. The van der Waals surface area contributed by atoms with Gasteiger partial charge < -0.3 is 15.3 Å². The van der Waals surface area contributed by atoms with Gasteiger partial charge in [0, 0.05) is 19.5 Å². The Labute approximate surface area is 154 Å². The third-order valence-electron chi connectivity index (χ3n) is 3.88. The van der Waals surface area contributed by atoms with E-state index in [-0.39, 0.29) is 0 Å². The minimum Gasteiger partial charge on any atom is -0.444 e. The number of benzene rings is 1. The molecule has 0 unspecified atom stereocenters. The topological polar surface area (TPSA) is 81.1 Å². The van der Waals surface area contributed by atoms with Crippen molar-refractivity contribution in [2.24, 2.45) is 0 Å². The van der Waals surface area contributed by atoms with Gasteiger partial charge in [-0.3, -0.25) is 0 Å². The molecule has 0 saturated carbocycles. The monoisotopic (exact) mass is 354 g/mol. The summed E-state index contributed by atoms with van der Waals surface area (Å²) in [6, 6.07) is 8.09. The van der Waals surface area contributed by atoms with E-state index in [1.54, 1.807) is 0 Å². The fourth-order valence-corrected chi connectivity index (χ4v) is 2.79. The molecule has 7 nitrogen and oxygen atoms in total. The molecule has 1 aliphatic rings. The highest BCUT2D eigenvalue weighted by molar-refractivity contribution is 6.31. The summed E-state index contributed by atoms with van der Waals surface area (Å²) in [4.78, 5) is 16.4. The largest absolute Gasteiger partial charge is 0.444 e. The summed E-state index contributed by atoms with van der Waals surface area (Å²) in [5, 5.41) is 10.6. The number of nitrogens with one attached hydrogen (secondary N) is 2. The first-order valence-corrected chi connectivity index (χ1v) is 8.91. The van der Waals surface area contributed by atoms with Crippen LogP contribution in [0.15, 0.2) is 24.3 Å². The predicted molar refractivity (Wildman–Crippen MR) is 99.8 cm³/mol. The van der Waals surface area contributed by atoms with Gasteiger partial charge >= 0.3 is 6.09 Å². The Morgan fingerprint density at radius 3 is 3.00 bits per heavy atom. The van der Waals surface area contributed by atoms with Gasteiger partial charge in [-0.15, -0.1) is 0 Å². The average molecular weight is 354 g/mol. The van der Waals surface area contributed by atoms with Crippen molar-refractivity contribution in [3.05, 3.63) is 47.0 Å². The normalized spacial score (nSPS) is 14.1. The number of ether oxygens (including phenoxy) is 1. The second-order valence-corrected chi connectivity index (χ2v) is 7.38. The van der Waals surface area contributed by atoms with Crippen LogP contribution in [0.4, 0.5) is 4.79 Å². The van der Waals surface area contributed by atoms with Gasteiger partial charge in [-0.1, -0.05) is 24.3 Å². The van der Waals surface area contributed by atoms with Crippen LogP contribution in [0.1, 0.15) is 43.5 Å². The fraction of sp³-hybridized carbons (Fsp3) is 0.500. The van der Waals surface area contributed by atoms with Crippen LogP contribution in [0.25, 0.3) is 0 Å². The quantitative estimate of drug-likeness (QED) is 0.816. The van der Waals surface area contributed by atoms with Crippen molar-refractivity contribution in [3.8, 4) is 0 Å². The molecule has 2 N–H and O–H groups in total. The van der Waals surface area contributed by atoms with Crippen molar-refractivity contribution in [3.63, 3.8) is 0 Å².